The van der Waals surface area contributed by atoms with Crippen molar-refractivity contribution in [3.63, 3.8) is 0 Å². The zero-order valence-corrected chi connectivity index (χ0v) is 14.9. The summed E-state index contributed by atoms with van der Waals surface area (Å²) in [5.74, 6) is 1.41. The van der Waals surface area contributed by atoms with Crippen LogP contribution < -0.4 is 10.1 Å². The lowest BCUT2D eigenvalue weighted by Gasteiger charge is -2.29. The molecule has 0 bridgehead atoms. The van der Waals surface area contributed by atoms with Crippen molar-refractivity contribution in [3.8, 4) is 5.75 Å². The van der Waals surface area contributed by atoms with Crippen molar-refractivity contribution in [3.05, 3.63) is 29.8 Å². The van der Waals surface area contributed by atoms with Gasteiger partial charge in [-0.05, 0) is 49.8 Å². The van der Waals surface area contributed by atoms with E-state index in [1.807, 2.05) is 36.1 Å². The number of amides is 2. The van der Waals surface area contributed by atoms with Crippen molar-refractivity contribution >= 4 is 6.03 Å². The number of rotatable bonds is 8. The summed E-state index contributed by atoms with van der Waals surface area (Å²) in [5.41, 5.74) is 1.05. The minimum atomic E-state index is 0.00358. The lowest BCUT2D eigenvalue weighted by molar-refractivity contribution is 0.0568. The van der Waals surface area contributed by atoms with Crippen LogP contribution in [0.25, 0.3) is 0 Å². The molecule has 2 amide bonds. The Morgan fingerprint density at radius 2 is 2.12 bits per heavy atom. The monoisotopic (exact) mass is 334 g/mol. The Balaban J connectivity index is 1.81. The first kappa shape index (κ1) is 18.6. The van der Waals surface area contributed by atoms with E-state index < -0.39 is 0 Å². The molecule has 24 heavy (non-hydrogen) atoms. The molecule has 0 saturated carbocycles. The van der Waals surface area contributed by atoms with Crippen LogP contribution in [0.5, 0.6) is 5.75 Å². The van der Waals surface area contributed by atoms with Gasteiger partial charge in [-0.1, -0.05) is 19.1 Å². The summed E-state index contributed by atoms with van der Waals surface area (Å²) in [4.78, 5) is 14.3. The average Bonchev–Trinajstić information content (AvgIpc) is 2.63. The van der Waals surface area contributed by atoms with Gasteiger partial charge in [0.15, 0.2) is 0 Å². The number of carbonyl (C=O) groups excluding carboxylic acids is 1. The average molecular weight is 334 g/mol. The second kappa shape index (κ2) is 10.2. The lowest BCUT2D eigenvalue weighted by Crippen LogP contribution is -2.43. The predicted molar refractivity (Wildman–Crippen MR) is 95.3 cm³/mol. The Bertz CT molecular complexity index is 501. The van der Waals surface area contributed by atoms with E-state index in [2.05, 4.69) is 12.2 Å². The maximum atomic E-state index is 12.4. The third-order valence-corrected chi connectivity index (χ3v) is 4.30. The fraction of sp³-hybridized carbons (Fsp3) is 0.632. The highest BCUT2D eigenvalue weighted by molar-refractivity contribution is 5.74. The van der Waals surface area contributed by atoms with E-state index in [0.717, 1.165) is 56.9 Å². The molecule has 1 aliphatic rings. The summed E-state index contributed by atoms with van der Waals surface area (Å²) in [7, 11) is 0. The van der Waals surface area contributed by atoms with E-state index in [1.165, 1.54) is 0 Å². The molecule has 1 heterocycles. The van der Waals surface area contributed by atoms with Gasteiger partial charge in [0.2, 0.25) is 0 Å². The molecule has 0 radical (unpaired) electrons. The fourth-order valence-electron chi connectivity index (χ4n) is 2.85. The van der Waals surface area contributed by atoms with E-state index in [0.29, 0.717) is 19.1 Å². The minimum absolute atomic E-state index is 0.00358. The van der Waals surface area contributed by atoms with Crippen LogP contribution in [0, 0.1) is 5.92 Å². The second-order valence-electron chi connectivity index (χ2n) is 6.25. The van der Waals surface area contributed by atoms with Crippen LogP contribution in [0.3, 0.4) is 0 Å². The number of benzene rings is 1. The molecule has 0 atom stereocenters. The summed E-state index contributed by atoms with van der Waals surface area (Å²) in [5, 5.41) is 3.02. The largest absolute Gasteiger partial charge is 0.494 e. The summed E-state index contributed by atoms with van der Waals surface area (Å²) >= 11 is 0. The fourth-order valence-corrected chi connectivity index (χ4v) is 2.85. The number of nitrogens with zero attached hydrogens (tertiary/aromatic N) is 1. The number of urea groups is 1. The molecular weight excluding hydrogens is 304 g/mol. The van der Waals surface area contributed by atoms with Crippen LogP contribution in [0.2, 0.25) is 0 Å². The molecule has 2 rings (SSSR count). The summed E-state index contributed by atoms with van der Waals surface area (Å²) in [6, 6.07) is 7.92. The van der Waals surface area contributed by atoms with Crippen LogP contribution in [0.15, 0.2) is 24.3 Å². The number of carbonyl (C=O) groups is 1. The maximum Gasteiger partial charge on any atom is 0.317 e. The van der Waals surface area contributed by atoms with Gasteiger partial charge >= 0.3 is 6.03 Å². The lowest BCUT2D eigenvalue weighted by atomic mass is 10.00. The highest BCUT2D eigenvalue weighted by atomic mass is 16.5. The summed E-state index contributed by atoms with van der Waals surface area (Å²) in [6.07, 6.45) is 3.07. The molecule has 5 heteroatoms. The molecule has 1 N–H and O–H groups in total. The van der Waals surface area contributed by atoms with Crippen molar-refractivity contribution in [2.24, 2.45) is 5.92 Å². The molecule has 134 valence electrons. The third-order valence-electron chi connectivity index (χ3n) is 4.30. The van der Waals surface area contributed by atoms with Gasteiger partial charge in [-0.15, -0.1) is 0 Å². The Morgan fingerprint density at radius 3 is 2.83 bits per heavy atom. The first-order valence-corrected chi connectivity index (χ1v) is 9.05. The van der Waals surface area contributed by atoms with Gasteiger partial charge in [0.1, 0.15) is 5.75 Å². The molecule has 0 spiro atoms. The van der Waals surface area contributed by atoms with E-state index in [1.54, 1.807) is 0 Å². The van der Waals surface area contributed by atoms with E-state index in [-0.39, 0.29) is 6.03 Å². The second-order valence-corrected chi connectivity index (χ2v) is 6.25. The molecule has 1 fully saturated rings. The molecular formula is C19H30N2O3. The SMILES string of the molecule is CCCOc1cccc(CNC(=O)N(CC)CC2CCOCC2)c1. The van der Waals surface area contributed by atoms with Gasteiger partial charge < -0.3 is 19.7 Å². The van der Waals surface area contributed by atoms with Crippen molar-refractivity contribution in [2.75, 3.05) is 32.9 Å². The van der Waals surface area contributed by atoms with E-state index in [9.17, 15) is 4.79 Å². The molecule has 5 nitrogen and oxygen atoms in total. The zero-order chi connectivity index (χ0) is 17.2. The molecule has 0 unspecified atom stereocenters. The van der Waals surface area contributed by atoms with Gasteiger partial charge in [0.05, 0.1) is 6.61 Å². The standard InChI is InChI=1S/C19H30N2O3/c1-3-10-24-18-7-5-6-17(13-18)14-20-19(22)21(4-2)15-16-8-11-23-12-9-16/h5-7,13,16H,3-4,8-12,14-15H2,1-2H3,(H,20,22). The predicted octanol–water partition coefficient (Wildman–Crippen LogP) is 3.43. The van der Waals surface area contributed by atoms with Crippen molar-refractivity contribution in [1.29, 1.82) is 0 Å². The highest BCUT2D eigenvalue weighted by Crippen LogP contribution is 2.16. The Kier molecular flexibility index (Phi) is 7.89. The number of ether oxygens (including phenoxy) is 2. The summed E-state index contributed by atoms with van der Waals surface area (Å²) in [6.45, 7) is 8.51. The minimum Gasteiger partial charge on any atom is -0.494 e. The zero-order valence-electron chi connectivity index (χ0n) is 14.9. The quantitative estimate of drug-likeness (QED) is 0.792. The van der Waals surface area contributed by atoms with E-state index >= 15 is 0 Å². The molecule has 1 aromatic rings. The number of hydrogen-bond donors (Lipinski definition) is 1. The van der Waals surface area contributed by atoms with Gasteiger partial charge in [-0.3, -0.25) is 0 Å². The van der Waals surface area contributed by atoms with Gasteiger partial charge in [-0.2, -0.15) is 0 Å². The molecule has 1 aromatic carbocycles. The molecule has 0 aromatic heterocycles. The van der Waals surface area contributed by atoms with E-state index in [4.69, 9.17) is 9.47 Å². The van der Waals surface area contributed by atoms with Crippen LogP contribution >= 0.6 is 0 Å². The Labute approximate surface area is 145 Å². The first-order valence-electron chi connectivity index (χ1n) is 9.05. The highest BCUT2D eigenvalue weighted by Gasteiger charge is 2.19. The van der Waals surface area contributed by atoms with Gasteiger partial charge in [-0.25, -0.2) is 4.79 Å². The van der Waals surface area contributed by atoms with Gasteiger partial charge in [0, 0.05) is 32.8 Å². The molecule has 1 aliphatic heterocycles. The van der Waals surface area contributed by atoms with Crippen molar-refractivity contribution in [2.45, 2.75) is 39.7 Å². The third kappa shape index (κ3) is 6.04. The number of nitrogens with one attached hydrogen (secondary N) is 1. The maximum absolute atomic E-state index is 12.4. The van der Waals surface area contributed by atoms with Crippen molar-refractivity contribution < 1.29 is 14.3 Å². The molecule has 0 aliphatic carbocycles. The van der Waals surface area contributed by atoms with Crippen LogP contribution in [-0.2, 0) is 11.3 Å². The topological polar surface area (TPSA) is 50.8 Å². The summed E-state index contributed by atoms with van der Waals surface area (Å²) < 4.78 is 11.0. The Morgan fingerprint density at radius 1 is 1.33 bits per heavy atom. The van der Waals surface area contributed by atoms with Gasteiger partial charge in [0.25, 0.3) is 0 Å². The first-order chi connectivity index (χ1) is 11.7. The van der Waals surface area contributed by atoms with Crippen LogP contribution in [0.4, 0.5) is 4.79 Å². The molecule has 1 saturated heterocycles. The van der Waals surface area contributed by atoms with Crippen LogP contribution in [-0.4, -0.2) is 43.8 Å². The number of hydrogen-bond acceptors (Lipinski definition) is 3. The smallest absolute Gasteiger partial charge is 0.317 e. The Hall–Kier alpha value is -1.75. The van der Waals surface area contributed by atoms with Crippen LogP contribution in [0.1, 0.15) is 38.7 Å². The normalized spacial score (nSPS) is 15.1. The van der Waals surface area contributed by atoms with Crippen molar-refractivity contribution in [1.82, 2.24) is 10.2 Å².